The smallest absolute Gasteiger partial charge is 0.411 e. The summed E-state index contributed by atoms with van der Waals surface area (Å²) in [6, 6.07) is 5.53. The third kappa shape index (κ3) is 4.34. The molecular weight excluding hydrogens is 218 g/mol. The van der Waals surface area contributed by atoms with Crippen molar-refractivity contribution in [3.8, 4) is 5.75 Å². The summed E-state index contributed by atoms with van der Waals surface area (Å²) in [6.45, 7) is 7.99. The molecule has 1 rings (SSSR count). The van der Waals surface area contributed by atoms with E-state index in [4.69, 9.17) is 9.47 Å². The van der Waals surface area contributed by atoms with E-state index in [1.807, 2.05) is 39.0 Å². The lowest BCUT2D eigenvalue weighted by Crippen LogP contribution is -2.14. The Morgan fingerprint density at radius 3 is 2.65 bits per heavy atom. The Kier molecular flexibility index (Phi) is 4.82. The van der Waals surface area contributed by atoms with Crippen molar-refractivity contribution in [3.05, 3.63) is 23.8 Å². The van der Waals surface area contributed by atoms with Gasteiger partial charge in [0.2, 0.25) is 0 Å². The van der Waals surface area contributed by atoms with Crippen molar-refractivity contribution in [2.45, 2.75) is 33.8 Å². The minimum atomic E-state index is -0.437. The lowest BCUT2D eigenvalue weighted by molar-refractivity contribution is 0.168. The summed E-state index contributed by atoms with van der Waals surface area (Å²) in [6.07, 6.45) is -0.300. The summed E-state index contributed by atoms with van der Waals surface area (Å²) in [5, 5.41) is 2.67. The van der Waals surface area contributed by atoms with Crippen LogP contribution in [0.5, 0.6) is 5.75 Å². The Balaban J connectivity index is 2.72. The van der Waals surface area contributed by atoms with E-state index >= 15 is 0 Å². The van der Waals surface area contributed by atoms with Gasteiger partial charge in [-0.25, -0.2) is 4.79 Å². The second-order valence-electron chi connectivity index (χ2n) is 3.99. The maximum atomic E-state index is 11.3. The van der Waals surface area contributed by atoms with E-state index in [-0.39, 0.29) is 6.10 Å². The van der Waals surface area contributed by atoms with Gasteiger partial charge in [0.1, 0.15) is 5.75 Å². The molecule has 4 nitrogen and oxygen atoms in total. The van der Waals surface area contributed by atoms with Crippen LogP contribution in [0.4, 0.5) is 10.5 Å². The number of aryl methyl sites for hydroxylation is 1. The molecule has 1 N–H and O–H groups in total. The zero-order chi connectivity index (χ0) is 12.8. The van der Waals surface area contributed by atoms with Gasteiger partial charge < -0.3 is 9.47 Å². The predicted molar refractivity (Wildman–Crippen MR) is 67.6 cm³/mol. The molecule has 0 aromatic heterocycles. The molecule has 0 aliphatic rings. The van der Waals surface area contributed by atoms with Crippen molar-refractivity contribution in [1.82, 2.24) is 0 Å². The topological polar surface area (TPSA) is 47.6 Å². The normalized spacial score (nSPS) is 10.2. The fraction of sp³-hybridized carbons (Fsp3) is 0.462. The van der Waals surface area contributed by atoms with Crippen LogP contribution in [0.15, 0.2) is 18.2 Å². The average molecular weight is 237 g/mol. The summed E-state index contributed by atoms with van der Waals surface area (Å²) in [7, 11) is 0. The number of rotatable bonds is 4. The molecule has 0 unspecified atom stereocenters. The fourth-order valence-electron chi connectivity index (χ4n) is 1.40. The van der Waals surface area contributed by atoms with Crippen LogP contribution in [-0.4, -0.2) is 18.8 Å². The van der Waals surface area contributed by atoms with Crippen LogP contribution in [0.2, 0.25) is 0 Å². The van der Waals surface area contributed by atoms with Gasteiger partial charge in [-0.1, -0.05) is 0 Å². The van der Waals surface area contributed by atoms with Crippen molar-refractivity contribution >= 4 is 11.8 Å². The van der Waals surface area contributed by atoms with Gasteiger partial charge in [-0.3, -0.25) is 5.32 Å². The number of nitrogens with one attached hydrogen (secondary N) is 1. The first-order valence-corrected chi connectivity index (χ1v) is 5.74. The van der Waals surface area contributed by atoms with Gasteiger partial charge in [0.25, 0.3) is 0 Å². The highest BCUT2D eigenvalue weighted by atomic mass is 16.5. The van der Waals surface area contributed by atoms with Crippen molar-refractivity contribution in [2.75, 3.05) is 11.9 Å². The molecule has 0 fully saturated rings. The van der Waals surface area contributed by atoms with E-state index in [1.54, 1.807) is 6.92 Å². The standard InChI is InChI=1S/C13H19NO3/c1-5-16-13(15)14-12-7-6-11(8-10(12)4)17-9(2)3/h6-9H,5H2,1-4H3,(H,14,15). The predicted octanol–water partition coefficient (Wildman–Crippen LogP) is 3.35. The summed E-state index contributed by atoms with van der Waals surface area (Å²) >= 11 is 0. The van der Waals surface area contributed by atoms with Gasteiger partial charge in [-0.15, -0.1) is 0 Å². The molecule has 1 aromatic carbocycles. The average Bonchev–Trinajstić information content (AvgIpc) is 2.21. The first-order valence-electron chi connectivity index (χ1n) is 5.74. The van der Waals surface area contributed by atoms with Gasteiger partial charge >= 0.3 is 6.09 Å². The zero-order valence-corrected chi connectivity index (χ0v) is 10.7. The molecule has 4 heteroatoms. The Bertz CT molecular complexity index is 388. The van der Waals surface area contributed by atoms with E-state index in [9.17, 15) is 4.79 Å². The molecule has 0 spiro atoms. The molecule has 0 atom stereocenters. The largest absolute Gasteiger partial charge is 0.491 e. The summed E-state index contributed by atoms with van der Waals surface area (Å²) in [5.41, 5.74) is 1.68. The van der Waals surface area contributed by atoms with Crippen LogP contribution in [-0.2, 0) is 4.74 Å². The van der Waals surface area contributed by atoms with Crippen LogP contribution in [0.25, 0.3) is 0 Å². The number of anilines is 1. The Labute approximate surface area is 102 Å². The number of carbonyl (C=O) groups is 1. The van der Waals surface area contributed by atoms with E-state index in [1.165, 1.54) is 0 Å². The summed E-state index contributed by atoms with van der Waals surface area (Å²) in [4.78, 5) is 11.3. The molecule has 1 amide bonds. The monoisotopic (exact) mass is 237 g/mol. The second-order valence-corrected chi connectivity index (χ2v) is 3.99. The minimum absolute atomic E-state index is 0.137. The maximum absolute atomic E-state index is 11.3. The molecular formula is C13H19NO3. The van der Waals surface area contributed by atoms with Crippen LogP contribution in [0.1, 0.15) is 26.3 Å². The highest BCUT2D eigenvalue weighted by Crippen LogP contribution is 2.22. The van der Waals surface area contributed by atoms with Crippen molar-refractivity contribution in [1.29, 1.82) is 0 Å². The maximum Gasteiger partial charge on any atom is 0.411 e. The molecule has 0 radical (unpaired) electrons. The molecule has 0 saturated heterocycles. The van der Waals surface area contributed by atoms with Gasteiger partial charge in [0, 0.05) is 5.69 Å². The van der Waals surface area contributed by atoms with Crippen LogP contribution >= 0.6 is 0 Å². The van der Waals surface area contributed by atoms with E-state index in [0.717, 1.165) is 17.0 Å². The number of hydrogen-bond acceptors (Lipinski definition) is 3. The number of carbonyl (C=O) groups excluding carboxylic acids is 1. The summed E-state index contributed by atoms with van der Waals surface area (Å²) < 4.78 is 10.4. The van der Waals surface area contributed by atoms with E-state index in [2.05, 4.69) is 5.32 Å². The summed E-state index contributed by atoms with van der Waals surface area (Å²) in [5.74, 6) is 0.798. The molecule has 0 aliphatic carbocycles. The van der Waals surface area contributed by atoms with Crippen LogP contribution < -0.4 is 10.1 Å². The third-order valence-electron chi connectivity index (χ3n) is 2.08. The molecule has 0 saturated carbocycles. The second kappa shape index (κ2) is 6.13. The van der Waals surface area contributed by atoms with Crippen molar-refractivity contribution in [2.24, 2.45) is 0 Å². The van der Waals surface area contributed by atoms with Crippen molar-refractivity contribution in [3.63, 3.8) is 0 Å². The van der Waals surface area contributed by atoms with Crippen LogP contribution in [0.3, 0.4) is 0 Å². The molecule has 1 aromatic rings. The molecule has 94 valence electrons. The first-order chi connectivity index (χ1) is 8.02. The first kappa shape index (κ1) is 13.4. The van der Waals surface area contributed by atoms with Gasteiger partial charge in [0.05, 0.1) is 12.7 Å². The van der Waals surface area contributed by atoms with Crippen LogP contribution in [0, 0.1) is 6.92 Å². The van der Waals surface area contributed by atoms with Crippen molar-refractivity contribution < 1.29 is 14.3 Å². The molecule has 0 heterocycles. The highest BCUT2D eigenvalue weighted by Gasteiger charge is 2.06. The van der Waals surface area contributed by atoms with E-state index < -0.39 is 6.09 Å². The SMILES string of the molecule is CCOC(=O)Nc1ccc(OC(C)C)cc1C. The number of benzene rings is 1. The Hall–Kier alpha value is -1.71. The quantitative estimate of drug-likeness (QED) is 0.873. The molecule has 0 bridgehead atoms. The lowest BCUT2D eigenvalue weighted by atomic mass is 10.2. The Morgan fingerprint density at radius 1 is 1.41 bits per heavy atom. The third-order valence-corrected chi connectivity index (χ3v) is 2.08. The number of hydrogen-bond donors (Lipinski definition) is 1. The highest BCUT2D eigenvalue weighted by molar-refractivity contribution is 5.85. The number of ether oxygens (including phenoxy) is 2. The number of amides is 1. The lowest BCUT2D eigenvalue weighted by Gasteiger charge is -2.13. The van der Waals surface area contributed by atoms with Gasteiger partial charge in [-0.2, -0.15) is 0 Å². The molecule has 17 heavy (non-hydrogen) atoms. The Morgan fingerprint density at radius 2 is 2.12 bits per heavy atom. The van der Waals surface area contributed by atoms with Gasteiger partial charge in [0.15, 0.2) is 0 Å². The zero-order valence-electron chi connectivity index (χ0n) is 10.7. The molecule has 0 aliphatic heterocycles. The van der Waals surface area contributed by atoms with E-state index in [0.29, 0.717) is 6.61 Å². The van der Waals surface area contributed by atoms with Gasteiger partial charge in [-0.05, 0) is 51.5 Å². The minimum Gasteiger partial charge on any atom is -0.491 e. The fourth-order valence-corrected chi connectivity index (χ4v) is 1.40.